The Morgan fingerprint density at radius 3 is 2.44 bits per heavy atom. The van der Waals surface area contributed by atoms with Gasteiger partial charge in [-0.05, 0) is 32.6 Å². The highest BCUT2D eigenvalue weighted by Crippen LogP contribution is 2.62. The van der Waals surface area contributed by atoms with Crippen molar-refractivity contribution in [2.45, 2.75) is 66.6 Å². The monoisotopic (exact) mass is 350 g/mol. The minimum absolute atomic E-state index is 0.00399. The van der Waals surface area contributed by atoms with Crippen molar-refractivity contribution in [1.29, 1.82) is 0 Å². The Balaban J connectivity index is 1.89. The van der Waals surface area contributed by atoms with Gasteiger partial charge in [-0.15, -0.1) is 0 Å². The summed E-state index contributed by atoms with van der Waals surface area (Å²) in [6, 6.07) is 0. The zero-order chi connectivity index (χ0) is 18.7. The van der Waals surface area contributed by atoms with Crippen molar-refractivity contribution in [3.8, 4) is 0 Å². The second-order valence-corrected chi connectivity index (χ2v) is 8.97. The number of rotatable bonds is 6. The number of carbonyl (C=O) groups excluding carboxylic acids is 3. The number of ether oxygens (including phenoxy) is 2. The molecule has 3 rings (SSSR count). The fraction of sp³-hybridized carbons (Fsp3) is 0.850. The summed E-state index contributed by atoms with van der Waals surface area (Å²) in [6.07, 6.45) is 1.13. The van der Waals surface area contributed by atoms with Gasteiger partial charge in [-0.1, -0.05) is 27.7 Å². The lowest BCUT2D eigenvalue weighted by molar-refractivity contribution is -0.159. The molecule has 0 N–H and O–H groups in total. The van der Waals surface area contributed by atoms with E-state index in [1.54, 1.807) is 0 Å². The molecule has 2 aliphatic carbocycles. The average Bonchev–Trinajstić information content (AvgIpc) is 3.13. The van der Waals surface area contributed by atoms with Gasteiger partial charge in [-0.3, -0.25) is 14.4 Å². The predicted molar refractivity (Wildman–Crippen MR) is 91.4 cm³/mol. The molecular formula is C20H30O5. The maximum atomic E-state index is 13.0. The third kappa shape index (κ3) is 2.70. The van der Waals surface area contributed by atoms with Gasteiger partial charge in [0.1, 0.15) is 11.9 Å². The lowest BCUT2D eigenvalue weighted by Gasteiger charge is -2.36. The molecular weight excluding hydrogens is 320 g/mol. The number of esters is 2. The van der Waals surface area contributed by atoms with Crippen molar-refractivity contribution in [2.75, 3.05) is 0 Å². The standard InChI is InChI=1S/C20H30O5/c1-7-20(5,6)17(21)10(4)13-11-8-12-15(19(23)25-16(12)13)14(11)18(22)24-9(2)3/h9-16H,7-8H2,1-6H3. The molecule has 7 unspecified atom stereocenters. The molecule has 1 aliphatic heterocycles. The zero-order valence-corrected chi connectivity index (χ0v) is 16.1. The summed E-state index contributed by atoms with van der Waals surface area (Å²) >= 11 is 0. The molecule has 5 heteroatoms. The van der Waals surface area contributed by atoms with Crippen LogP contribution in [0.4, 0.5) is 0 Å². The number of ketones is 1. The summed E-state index contributed by atoms with van der Waals surface area (Å²) in [5, 5.41) is 0. The fourth-order valence-electron chi connectivity index (χ4n) is 5.36. The molecule has 3 aliphatic rings. The van der Waals surface area contributed by atoms with E-state index in [-0.39, 0.29) is 59.5 Å². The van der Waals surface area contributed by atoms with Crippen molar-refractivity contribution in [1.82, 2.24) is 0 Å². The second-order valence-electron chi connectivity index (χ2n) is 8.97. The van der Waals surface area contributed by atoms with Gasteiger partial charge >= 0.3 is 11.9 Å². The zero-order valence-electron chi connectivity index (χ0n) is 16.1. The molecule has 2 saturated carbocycles. The van der Waals surface area contributed by atoms with Crippen LogP contribution >= 0.6 is 0 Å². The van der Waals surface area contributed by atoms with Crippen LogP contribution in [-0.4, -0.2) is 29.9 Å². The third-order valence-electron chi connectivity index (χ3n) is 6.84. The minimum Gasteiger partial charge on any atom is -0.463 e. The number of hydrogen-bond donors (Lipinski definition) is 0. The van der Waals surface area contributed by atoms with E-state index in [1.165, 1.54) is 0 Å². The summed E-state index contributed by atoms with van der Waals surface area (Å²) in [6.45, 7) is 11.5. The topological polar surface area (TPSA) is 69.7 Å². The Morgan fingerprint density at radius 2 is 1.88 bits per heavy atom. The number of fused-ring (bicyclic) bond motifs is 1. The summed E-state index contributed by atoms with van der Waals surface area (Å²) in [5.74, 6) is -1.45. The number of Topliss-reactive ketones (excluding diaryl/α,β-unsaturated/α-hetero) is 1. The Bertz CT molecular complexity index is 593. The first-order chi connectivity index (χ1) is 11.6. The number of hydrogen-bond acceptors (Lipinski definition) is 5. The van der Waals surface area contributed by atoms with Crippen LogP contribution in [0.15, 0.2) is 0 Å². The first-order valence-corrected chi connectivity index (χ1v) is 9.55. The molecule has 0 amide bonds. The Kier molecular flexibility index (Phi) is 4.49. The van der Waals surface area contributed by atoms with E-state index in [0.29, 0.717) is 0 Å². The van der Waals surface area contributed by atoms with Gasteiger partial charge in [0.05, 0.1) is 17.9 Å². The third-order valence-corrected chi connectivity index (χ3v) is 6.84. The molecule has 3 fully saturated rings. The lowest BCUT2D eigenvalue weighted by Crippen LogP contribution is -2.45. The van der Waals surface area contributed by atoms with Gasteiger partial charge in [-0.2, -0.15) is 0 Å². The summed E-state index contributed by atoms with van der Waals surface area (Å²) < 4.78 is 11.1. The first kappa shape index (κ1) is 18.4. The van der Waals surface area contributed by atoms with Crippen molar-refractivity contribution in [3.05, 3.63) is 0 Å². The smallest absolute Gasteiger partial charge is 0.310 e. The molecule has 0 aromatic rings. The van der Waals surface area contributed by atoms with Crippen LogP contribution in [0, 0.1) is 40.9 Å². The summed E-state index contributed by atoms with van der Waals surface area (Å²) in [4.78, 5) is 38.0. The van der Waals surface area contributed by atoms with Crippen LogP contribution in [0.25, 0.3) is 0 Å². The van der Waals surface area contributed by atoms with E-state index in [4.69, 9.17) is 9.47 Å². The number of carbonyl (C=O) groups is 3. The molecule has 1 heterocycles. The Hall–Kier alpha value is -1.39. The van der Waals surface area contributed by atoms with Crippen LogP contribution in [0.3, 0.4) is 0 Å². The molecule has 5 nitrogen and oxygen atoms in total. The quantitative estimate of drug-likeness (QED) is 0.689. The van der Waals surface area contributed by atoms with Gasteiger partial charge in [0.25, 0.3) is 0 Å². The highest BCUT2D eigenvalue weighted by atomic mass is 16.6. The molecule has 1 saturated heterocycles. The SMILES string of the molecule is CCC(C)(C)C(=O)C(C)C1C2CC3C1OC(=O)C3C2C(=O)OC(C)C. The van der Waals surface area contributed by atoms with Crippen LogP contribution in [-0.2, 0) is 23.9 Å². The van der Waals surface area contributed by atoms with Crippen molar-refractivity contribution < 1.29 is 23.9 Å². The van der Waals surface area contributed by atoms with E-state index >= 15 is 0 Å². The van der Waals surface area contributed by atoms with Crippen molar-refractivity contribution in [3.63, 3.8) is 0 Å². The van der Waals surface area contributed by atoms with Gasteiger partial charge in [0.15, 0.2) is 0 Å². The molecule has 0 spiro atoms. The van der Waals surface area contributed by atoms with E-state index in [1.807, 2.05) is 41.5 Å². The minimum atomic E-state index is -0.455. The summed E-state index contributed by atoms with van der Waals surface area (Å²) in [7, 11) is 0. The van der Waals surface area contributed by atoms with Crippen LogP contribution in [0.5, 0.6) is 0 Å². The highest BCUT2D eigenvalue weighted by Gasteiger charge is 2.70. The summed E-state index contributed by atoms with van der Waals surface area (Å²) in [5.41, 5.74) is -0.406. The normalized spacial score (nSPS) is 37.3. The Morgan fingerprint density at radius 1 is 1.24 bits per heavy atom. The van der Waals surface area contributed by atoms with Gasteiger partial charge in [0, 0.05) is 23.2 Å². The molecule has 0 radical (unpaired) electrons. The molecule has 25 heavy (non-hydrogen) atoms. The molecule has 2 bridgehead atoms. The van der Waals surface area contributed by atoms with Crippen molar-refractivity contribution in [2.24, 2.45) is 40.9 Å². The van der Waals surface area contributed by atoms with E-state index in [0.717, 1.165) is 12.8 Å². The van der Waals surface area contributed by atoms with E-state index in [2.05, 4.69) is 0 Å². The van der Waals surface area contributed by atoms with Crippen molar-refractivity contribution >= 4 is 17.7 Å². The molecule has 0 aromatic carbocycles. The lowest BCUT2D eigenvalue weighted by atomic mass is 9.66. The first-order valence-electron chi connectivity index (χ1n) is 9.55. The molecule has 0 aromatic heterocycles. The van der Waals surface area contributed by atoms with E-state index in [9.17, 15) is 14.4 Å². The predicted octanol–water partition coefficient (Wildman–Crippen LogP) is 3.00. The highest BCUT2D eigenvalue weighted by molar-refractivity contribution is 5.89. The van der Waals surface area contributed by atoms with Gasteiger partial charge in [-0.25, -0.2) is 0 Å². The maximum Gasteiger partial charge on any atom is 0.310 e. The van der Waals surface area contributed by atoms with Crippen LogP contribution in [0.2, 0.25) is 0 Å². The Labute approximate surface area is 149 Å². The fourth-order valence-corrected chi connectivity index (χ4v) is 5.36. The second kappa shape index (κ2) is 6.10. The average molecular weight is 350 g/mol. The van der Waals surface area contributed by atoms with Crippen LogP contribution < -0.4 is 0 Å². The molecule has 140 valence electrons. The largest absolute Gasteiger partial charge is 0.463 e. The van der Waals surface area contributed by atoms with Gasteiger partial charge < -0.3 is 9.47 Å². The maximum absolute atomic E-state index is 13.0. The van der Waals surface area contributed by atoms with Gasteiger partial charge in [0.2, 0.25) is 0 Å². The van der Waals surface area contributed by atoms with E-state index < -0.39 is 11.3 Å². The molecule has 7 atom stereocenters. The van der Waals surface area contributed by atoms with Crippen LogP contribution in [0.1, 0.15) is 54.4 Å².